The number of nitrogens with two attached hydrogens (primary N) is 1. The molecule has 22 heavy (non-hydrogen) atoms. The van der Waals surface area contributed by atoms with Crippen molar-refractivity contribution in [2.24, 2.45) is 5.73 Å². The van der Waals surface area contributed by atoms with Crippen LogP contribution in [0.25, 0.3) is 16.9 Å². The molecule has 0 fully saturated rings. The first-order valence-corrected chi connectivity index (χ1v) is 6.77. The van der Waals surface area contributed by atoms with Crippen LogP contribution in [0.2, 0.25) is 0 Å². The predicted octanol–water partition coefficient (Wildman–Crippen LogP) is 2.62. The Morgan fingerprint density at radius 3 is 2.68 bits per heavy atom. The fraction of sp³-hybridized carbons (Fsp3) is 0.188. The van der Waals surface area contributed by atoms with Gasteiger partial charge in [0.05, 0.1) is 25.6 Å². The van der Waals surface area contributed by atoms with Crippen LogP contribution < -0.4 is 15.2 Å². The minimum Gasteiger partial charge on any atom is -0.497 e. The average Bonchev–Trinajstić information content (AvgIpc) is 2.91. The second-order valence-corrected chi connectivity index (χ2v) is 4.75. The van der Waals surface area contributed by atoms with E-state index < -0.39 is 0 Å². The molecule has 0 atom stereocenters. The number of ether oxygens (including phenoxy) is 2. The number of halogens is 1. The van der Waals surface area contributed by atoms with Crippen LogP contribution in [-0.4, -0.2) is 23.6 Å². The van der Waals surface area contributed by atoms with E-state index in [1.165, 1.54) is 12.3 Å². The molecule has 0 amide bonds. The van der Waals surface area contributed by atoms with E-state index in [1.54, 1.807) is 36.8 Å². The zero-order valence-corrected chi connectivity index (χ0v) is 12.3. The summed E-state index contributed by atoms with van der Waals surface area (Å²) >= 11 is 0. The zero-order chi connectivity index (χ0) is 15.7. The summed E-state index contributed by atoms with van der Waals surface area (Å²) in [4.78, 5) is 4.56. The molecule has 0 bridgehead atoms. The number of hydrogen-bond acceptors (Lipinski definition) is 4. The summed E-state index contributed by atoms with van der Waals surface area (Å²) in [5, 5.41) is 0. The van der Waals surface area contributed by atoms with Crippen molar-refractivity contribution in [3.05, 3.63) is 48.0 Å². The molecule has 2 N–H and O–H groups in total. The molecule has 3 rings (SSSR count). The Kier molecular flexibility index (Phi) is 3.68. The fourth-order valence-electron chi connectivity index (χ4n) is 2.48. The van der Waals surface area contributed by atoms with E-state index in [1.807, 2.05) is 6.07 Å². The van der Waals surface area contributed by atoms with Crippen LogP contribution in [0.5, 0.6) is 11.5 Å². The summed E-state index contributed by atoms with van der Waals surface area (Å²) in [6, 6.07) is 8.43. The molecule has 0 radical (unpaired) electrons. The number of pyridine rings is 1. The number of nitrogens with zero attached hydrogens (tertiary/aromatic N) is 2. The lowest BCUT2D eigenvalue weighted by molar-refractivity contribution is 0.404. The van der Waals surface area contributed by atoms with E-state index in [9.17, 15) is 4.39 Å². The van der Waals surface area contributed by atoms with Crippen LogP contribution in [-0.2, 0) is 6.54 Å². The molecule has 2 heterocycles. The van der Waals surface area contributed by atoms with Gasteiger partial charge in [-0.05, 0) is 30.3 Å². The molecule has 114 valence electrons. The van der Waals surface area contributed by atoms with E-state index in [4.69, 9.17) is 15.2 Å². The lowest BCUT2D eigenvalue weighted by Crippen LogP contribution is -2.03. The predicted molar refractivity (Wildman–Crippen MR) is 81.6 cm³/mol. The zero-order valence-electron chi connectivity index (χ0n) is 12.3. The first-order valence-electron chi connectivity index (χ1n) is 6.77. The van der Waals surface area contributed by atoms with Crippen LogP contribution in [0.3, 0.4) is 0 Å². The van der Waals surface area contributed by atoms with Crippen LogP contribution in [0, 0.1) is 5.82 Å². The highest BCUT2D eigenvalue weighted by molar-refractivity contribution is 5.73. The van der Waals surface area contributed by atoms with Gasteiger partial charge in [-0.2, -0.15) is 0 Å². The van der Waals surface area contributed by atoms with Crippen molar-refractivity contribution in [1.82, 2.24) is 9.38 Å². The van der Waals surface area contributed by atoms with E-state index in [0.717, 1.165) is 5.56 Å². The number of methoxy groups -OCH3 is 2. The summed E-state index contributed by atoms with van der Waals surface area (Å²) < 4.78 is 25.8. The van der Waals surface area contributed by atoms with Crippen molar-refractivity contribution in [2.75, 3.05) is 14.2 Å². The smallest absolute Gasteiger partial charge is 0.139 e. The summed E-state index contributed by atoms with van der Waals surface area (Å²) in [6.45, 7) is 0.223. The molecule has 0 spiro atoms. The quantitative estimate of drug-likeness (QED) is 0.804. The van der Waals surface area contributed by atoms with E-state index in [0.29, 0.717) is 28.5 Å². The molecule has 0 aliphatic rings. The number of aromatic nitrogens is 2. The van der Waals surface area contributed by atoms with Crippen LogP contribution in [0.4, 0.5) is 4.39 Å². The molecule has 0 unspecified atom stereocenters. The van der Waals surface area contributed by atoms with E-state index in [-0.39, 0.29) is 12.4 Å². The second kappa shape index (κ2) is 5.65. The summed E-state index contributed by atoms with van der Waals surface area (Å²) in [5.41, 5.74) is 8.60. The lowest BCUT2D eigenvalue weighted by atomic mass is 10.1. The van der Waals surface area contributed by atoms with Gasteiger partial charge in [-0.3, -0.25) is 4.40 Å². The van der Waals surface area contributed by atoms with Gasteiger partial charge >= 0.3 is 0 Å². The molecule has 0 aliphatic heterocycles. The highest BCUT2D eigenvalue weighted by Gasteiger charge is 2.17. The van der Waals surface area contributed by atoms with Gasteiger partial charge in [0.25, 0.3) is 0 Å². The standard InChI is InChI=1S/C16H16FN3O2/c1-21-11-4-5-14(22-2)12(7-11)16-13(8-18)20-9-10(17)3-6-15(20)19-16/h3-7,9H,8,18H2,1-2H3. The Morgan fingerprint density at radius 2 is 2.00 bits per heavy atom. The summed E-state index contributed by atoms with van der Waals surface area (Å²) in [7, 11) is 3.18. The molecule has 5 nitrogen and oxygen atoms in total. The fourth-order valence-corrected chi connectivity index (χ4v) is 2.48. The average molecular weight is 301 g/mol. The molecular weight excluding hydrogens is 285 g/mol. The summed E-state index contributed by atoms with van der Waals surface area (Å²) in [6.07, 6.45) is 1.38. The third kappa shape index (κ3) is 2.27. The molecule has 0 saturated carbocycles. The lowest BCUT2D eigenvalue weighted by Gasteiger charge is -2.10. The van der Waals surface area contributed by atoms with Gasteiger partial charge in [-0.25, -0.2) is 9.37 Å². The topological polar surface area (TPSA) is 61.8 Å². The Labute approximate surface area is 127 Å². The van der Waals surface area contributed by atoms with E-state index in [2.05, 4.69) is 4.98 Å². The third-order valence-corrected chi connectivity index (χ3v) is 3.54. The maximum absolute atomic E-state index is 13.5. The van der Waals surface area contributed by atoms with Crippen molar-refractivity contribution < 1.29 is 13.9 Å². The largest absolute Gasteiger partial charge is 0.497 e. The van der Waals surface area contributed by atoms with Crippen LogP contribution in [0.15, 0.2) is 36.5 Å². The number of benzene rings is 1. The Balaban J connectivity index is 2.30. The van der Waals surface area contributed by atoms with Crippen molar-refractivity contribution in [1.29, 1.82) is 0 Å². The number of hydrogen-bond donors (Lipinski definition) is 1. The number of rotatable bonds is 4. The van der Waals surface area contributed by atoms with Crippen molar-refractivity contribution in [2.45, 2.75) is 6.54 Å². The highest BCUT2D eigenvalue weighted by atomic mass is 19.1. The second-order valence-electron chi connectivity index (χ2n) is 4.75. The minimum atomic E-state index is -0.344. The van der Waals surface area contributed by atoms with Crippen molar-refractivity contribution in [3.8, 4) is 22.8 Å². The van der Waals surface area contributed by atoms with Gasteiger partial charge in [0.2, 0.25) is 0 Å². The van der Waals surface area contributed by atoms with Crippen molar-refractivity contribution >= 4 is 5.65 Å². The van der Waals surface area contributed by atoms with Gasteiger partial charge < -0.3 is 15.2 Å². The Hall–Kier alpha value is -2.60. The first kappa shape index (κ1) is 14.3. The van der Waals surface area contributed by atoms with E-state index >= 15 is 0 Å². The SMILES string of the molecule is COc1ccc(OC)c(-c2nc3ccc(F)cn3c2CN)c1. The van der Waals surface area contributed by atoms with Crippen molar-refractivity contribution in [3.63, 3.8) is 0 Å². The molecule has 0 saturated heterocycles. The minimum absolute atomic E-state index is 0.223. The molecule has 2 aromatic heterocycles. The van der Waals surface area contributed by atoms with Crippen LogP contribution >= 0.6 is 0 Å². The van der Waals surface area contributed by atoms with Gasteiger partial charge in [0.15, 0.2) is 0 Å². The van der Waals surface area contributed by atoms with Gasteiger partial charge in [0, 0.05) is 18.3 Å². The number of imidazole rings is 1. The molecule has 1 aromatic carbocycles. The monoisotopic (exact) mass is 301 g/mol. The first-order chi connectivity index (χ1) is 10.7. The summed E-state index contributed by atoms with van der Waals surface area (Å²) in [5.74, 6) is 0.991. The van der Waals surface area contributed by atoms with Gasteiger partial charge in [0.1, 0.15) is 23.0 Å². The highest BCUT2D eigenvalue weighted by Crippen LogP contribution is 2.35. The van der Waals surface area contributed by atoms with Gasteiger partial charge in [-0.1, -0.05) is 0 Å². The Bertz CT molecular complexity index is 830. The molecular formula is C16H16FN3O2. The normalized spacial score (nSPS) is 10.9. The maximum Gasteiger partial charge on any atom is 0.139 e. The van der Waals surface area contributed by atoms with Gasteiger partial charge in [-0.15, -0.1) is 0 Å². The third-order valence-electron chi connectivity index (χ3n) is 3.54. The molecule has 3 aromatic rings. The number of fused-ring (bicyclic) bond motifs is 1. The van der Waals surface area contributed by atoms with Crippen LogP contribution in [0.1, 0.15) is 5.69 Å². The molecule has 6 heteroatoms. The maximum atomic E-state index is 13.5. The Morgan fingerprint density at radius 1 is 1.18 bits per heavy atom. The molecule has 0 aliphatic carbocycles.